The first-order valence-corrected chi connectivity index (χ1v) is 6.55. The summed E-state index contributed by atoms with van der Waals surface area (Å²) in [7, 11) is 0. The Hall–Kier alpha value is -2.40. The second kappa shape index (κ2) is 6.37. The third-order valence-electron chi connectivity index (χ3n) is 3.24. The van der Waals surface area contributed by atoms with Gasteiger partial charge in [-0.3, -0.25) is 0 Å². The maximum Gasteiger partial charge on any atom is 0.320 e. The summed E-state index contributed by atoms with van der Waals surface area (Å²) < 4.78 is 13.5. The minimum absolute atomic E-state index is 0.0864. The number of benzene rings is 2. The molecular formula is C16H17FN2O2. The lowest BCUT2D eigenvalue weighted by molar-refractivity contribution is 0.176. The van der Waals surface area contributed by atoms with Gasteiger partial charge in [-0.25, -0.2) is 9.18 Å². The number of halogens is 1. The topological polar surface area (TPSA) is 61.4 Å². The predicted molar refractivity (Wildman–Crippen MR) is 79.4 cm³/mol. The van der Waals surface area contributed by atoms with Crippen LogP contribution in [0.2, 0.25) is 0 Å². The van der Waals surface area contributed by atoms with E-state index in [4.69, 9.17) is 0 Å². The normalized spacial score (nSPS) is 13.3. The molecule has 0 spiro atoms. The van der Waals surface area contributed by atoms with E-state index >= 15 is 0 Å². The Balaban J connectivity index is 2.12. The summed E-state index contributed by atoms with van der Waals surface area (Å²) in [6.07, 6.45) is 0. The van der Waals surface area contributed by atoms with Gasteiger partial charge in [-0.05, 0) is 24.6 Å². The molecule has 0 aliphatic carbocycles. The van der Waals surface area contributed by atoms with E-state index in [2.05, 4.69) is 10.6 Å². The standard InChI is InChI=1S/C16H17FN2O2/c1-16(11-20,12-7-3-2-4-8-12)19-15(21)18-14-10-6-5-9-13(14)17/h2-10,20H,11H2,1H3,(H2,18,19,21). The number of aliphatic hydroxyl groups is 1. The first-order chi connectivity index (χ1) is 10.0. The number of rotatable bonds is 4. The molecule has 2 amide bonds. The van der Waals surface area contributed by atoms with Crippen molar-refractivity contribution in [1.82, 2.24) is 5.32 Å². The van der Waals surface area contributed by atoms with Crippen molar-refractivity contribution in [3.8, 4) is 0 Å². The van der Waals surface area contributed by atoms with E-state index in [0.717, 1.165) is 5.56 Å². The van der Waals surface area contributed by atoms with Crippen molar-refractivity contribution in [1.29, 1.82) is 0 Å². The lowest BCUT2D eigenvalue weighted by Crippen LogP contribution is -2.48. The van der Waals surface area contributed by atoms with Crippen molar-refractivity contribution >= 4 is 11.7 Å². The smallest absolute Gasteiger partial charge is 0.320 e. The Labute approximate surface area is 122 Å². The van der Waals surface area contributed by atoms with E-state index in [1.807, 2.05) is 18.2 Å². The average Bonchev–Trinajstić information content (AvgIpc) is 2.50. The summed E-state index contributed by atoms with van der Waals surface area (Å²) in [5, 5.41) is 14.7. The molecule has 21 heavy (non-hydrogen) atoms. The first-order valence-electron chi connectivity index (χ1n) is 6.55. The molecule has 110 valence electrons. The molecule has 0 radical (unpaired) electrons. The molecule has 2 aromatic rings. The van der Waals surface area contributed by atoms with Crippen molar-refractivity contribution in [3.05, 3.63) is 66.0 Å². The molecule has 4 nitrogen and oxygen atoms in total. The molecular weight excluding hydrogens is 271 g/mol. The van der Waals surface area contributed by atoms with Crippen molar-refractivity contribution in [2.75, 3.05) is 11.9 Å². The highest BCUT2D eigenvalue weighted by molar-refractivity contribution is 5.90. The van der Waals surface area contributed by atoms with Gasteiger partial charge in [0.1, 0.15) is 5.82 Å². The van der Waals surface area contributed by atoms with Crippen molar-refractivity contribution in [2.24, 2.45) is 0 Å². The van der Waals surface area contributed by atoms with Crippen molar-refractivity contribution in [2.45, 2.75) is 12.5 Å². The Kier molecular flexibility index (Phi) is 4.55. The summed E-state index contributed by atoms with van der Waals surface area (Å²) >= 11 is 0. The quantitative estimate of drug-likeness (QED) is 0.810. The molecule has 1 atom stereocenters. The van der Waals surface area contributed by atoms with Gasteiger partial charge < -0.3 is 15.7 Å². The molecule has 0 bridgehead atoms. The van der Waals surface area contributed by atoms with Crippen LogP contribution in [0.3, 0.4) is 0 Å². The fourth-order valence-electron chi connectivity index (χ4n) is 1.98. The Morgan fingerprint density at radius 1 is 1.14 bits per heavy atom. The number of aliphatic hydroxyl groups excluding tert-OH is 1. The van der Waals surface area contributed by atoms with Gasteiger partial charge in [0.25, 0.3) is 0 Å². The molecule has 0 aromatic heterocycles. The van der Waals surface area contributed by atoms with Crippen LogP contribution in [0.15, 0.2) is 54.6 Å². The summed E-state index contributed by atoms with van der Waals surface area (Å²) in [4.78, 5) is 12.0. The summed E-state index contributed by atoms with van der Waals surface area (Å²) in [6.45, 7) is 1.42. The number of amides is 2. The van der Waals surface area contributed by atoms with Gasteiger partial charge in [-0.2, -0.15) is 0 Å². The fraction of sp³-hybridized carbons (Fsp3) is 0.188. The van der Waals surface area contributed by atoms with Crippen LogP contribution < -0.4 is 10.6 Å². The van der Waals surface area contributed by atoms with Crippen molar-refractivity contribution < 1.29 is 14.3 Å². The molecule has 0 aliphatic rings. The molecule has 0 saturated heterocycles. The van der Waals surface area contributed by atoms with Crippen LogP contribution in [0.1, 0.15) is 12.5 Å². The minimum Gasteiger partial charge on any atom is -0.394 e. The lowest BCUT2D eigenvalue weighted by atomic mass is 9.93. The molecule has 0 aliphatic heterocycles. The highest BCUT2D eigenvalue weighted by Gasteiger charge is 2.27. The predicted octanol–water partition coefficient (Wildman–Crippen LogP) is 2.85. The number of anilines is 1. The number of carbonyl (C=O) groups excluding carboxylic acids is 1. The second-order valence-electron chi connectivity index (χ2n) is 4.92. The van der Waals surface area contributed by atoms with E-state index < -0.39 is 17.4 Å². The van der Waals surface area contributed by atoms with Crippen LogP contribution in [-0.2, 0) is 5.54 Å². The molecule has 1 unspecified atom stereocenters. The molecule has 0 fully saturated rings. The second-order valence-corrected chi connectivity index (χ2v) is 4.92. The fourth-order valence-corrected chi connectivity index (χ4v) is 1.98. The highest BCUT2D eigenvalue weighted by Crippen LogP contribution is 2.20. The van der Waals surface area contributed by atoms with Crippen molar-refractivity contribution in [3.63, 3.8) is 0 Å². The third-order valence-corrected chi connectivity index (χ3v) is 3.24. The lowest BCUT2D eigenvalue weighted by Gasteiger charge is -2.29. The maximum absolute atomic E-state index is 13.5. The summed E-state index contributed by atoms with van der Waals surface area (Å²) in [6, 6.07) is 14.4. The van der Waals surface area contributed by atoms with Crippen LogP contribution in [0, 0.1) is 5.82 Å². The van der Waals surface area contributed by atoms with Crippen LogP contribution in [0.25, 0.3) is 0 Å². The molecule has 0 heterocycles. The van der Waals surface area contributed by atoms with Crippen LogP contribution >= 0.6 is 0 Å². The zero-order chi connectivity index (χ0) is 15.3. The third kappa shape index (κ3) is 3.58. The molecule has 2 aromatic carbocycles. The van der Waals surface area contributed by atoms with E-state index in [0.29, 0.717) is 0 Å². The monoisotopic (exact) mass is 288 g/mol. The van der Waals surface area contributed by atoms with E-state index in [9.17, 15) is 14.3 Å². The van der Waals surface area contributed by atoms with Gasteiger partial charge >= 0.3 is 6.03 Å². The van der Waals surface area contributed by atoms with Gasteiger partial charge in [-0.15, -0.1) is 0 Å². The molecule has 2 rings (SSSR count). The highest BCUT2D eigenvalue weighted by atomic mass is 19.1. The number of hydrogen-bond donors (Lipinski definition) is 3. The number of urea groups is 1. The van der Waals surface area contributed by atoms with Crippen LogP contribution in [0.5, 0.6) is 0 Å². The van der Waals surface area contributed by atoms with Gasteiger partial charge in [0.2, 0.25) is 0 Å². The summed E-state index contributed by atoms with van der Waals surface area (Å²) in [5.41, 5.74) is -0.101. The van der Waals surface area contributed by atoms with Gasteiger partial charge in [0.05, 0.1) is 17.8 Å². The van der Waals surface area contributed by atoms with E-state index in [-0.39, 0.29) is 12.3 Å². The maximum atomic E-state index is 13.5. The van der Waals surface area contributed by atoms with E-state index in [1.54, 1.807) is 31.2 Å². The average molecular weight is 288 g/mol. The number of nitrogens with one attached hydrogen (secondary N) is 2. The zero-order valence-corrected chi connectivity index (χ0v) is 11.6. The largest absolute Gasteiger partial charge is 0.394 e. The zero-order valence-electron chi connectivity index (χ0n) is 11.6. The Morgan fingerprint density at radius 2 is 1.76 bits per heavy atom. The Morgan fingerprint density at radius 3 is 2.38 bits per heavy atom. The van der Waals surface area contributed by atoms with Crippen LogP contribution in [-0.4, -0.2) is 17.7 Å². The summed E-state index contributed by atoms with van der Waals surface area (Å²) in [5.74, 6) is -0.516. The van der Waals surface area contributed by atoms with E-state index in [1.165, 1.54) is 12.1 Å². The first kappa shape index (κ1) is 15.0. The number of carbonyl (C=O) groups is 1. The number of para-hydroxylation sites is 1. The Bertz CT molecular complexity index is 619. The molecule has 3 N–H and O–H groups in total. The number of hydrogen-bond acceptors (Lipinski definition) is 2. The minimum atomic E-state index is -0.948. The molecule has 0 saturated carbocycles. The van der Waals surface area contributed by atoms with Gasteiger partial charge in [0, 0.05) is 0 Å². The van der Waals surface area contributed by atoms with Crippen LogP contribution in [0.4, 0.5) is 14.9 Å². The molecule has 5 heteroatoms. The SMILES string of the molecule is CC(CO)(NC(=O)Nc1ccccc1F)c1ccccc1. The van der Waals surface area contributed by atoms with Gasteiger partial charge in [-0.1, -0.05) is 42.5 Å². The van der Waals surface area contributed by atoms with Gasteiger partial charge in [0.15, 0.2) is 0 Å².